The predicted octanol–water partition coefficient (Wildman–Crippen LogP) is 2.37. The molecule has 0 spiro atoms. The summed E-state index contributed by atoms with van der Waals surface area (Å²) in [4.78, 5) is 4.12. The van der Waals surface area contributed by atoms with Gasteiger partial charge in [0.25, 0.3) is 0 Å². The normalized spacial score (nSPS) is 12.6. The fraction of sp³-hybridized carbons (Fsp3) is 0.667. The van der Waals surface area contributed by atoms with Crippen molar-refractivity contribution in [2.75, 3.05) is 34.2 Å². The monoisotopic (exact) mass is 324 g/mol. The third kappa shape index (κ3) is 4.43. The van der Waals surface area contributed by atoms with Crippen LogP contribution in [0.4, 0.5) is 0 Å². The fourth-order valence-corrected chi connectivity index (χ4v) is 4.64. The van der Waals surface area contributed by atoms with E-state index in [1.165, 1.54) is 15.6 Å². The molecule has 0 radical (unpaired) electrons. The first-order valence-electron chi connectivity index (χ1n) is 6.05. The first-order chi connectivity index (χ1) is 8.78. The van der Waals surface area contributed by atoms with E-state index in [4.69, 9.17) is 11.6 Å². The topological polar surface area (TPSA) is 40.6 Å². The average molecular weight is 325 g/mol. The SMILES string of the molecule is Cc1sc(CCl)cc1S(=O)(=O)N(C)CCCN(C)C. The minimum atomic E-state index is -3.39. The zero-order valence-corrected chi connectivity index (χ0v) is 14.2. The maximum absolute atomic E-state index is 12.4. The average Bonchev–Trinajstić information content (AvgIpc) is 2.70. The lowest BCUT2D eigenvalue weighted by Gasteiger charge is -2.18. The summed E-state index contributed by atoms with van der Waals surface area (Å²) >= 11 is 7.20. The van der Waals surface area contributed by atoms with Crippen LogP contribution >= 0.6 is 22.9 Å². The lowest BCUT2D eigenvalue weighted by molar-refractivity contribution is 0.370. The standard InChI is InChI=1S/C12H21ClN2O2S2/c1-10-12(8-11(9-13)18-10)19(16,17)15(4)7-5-6-14(2)3/h8H,5-7,9H2,1-4H3. The molecular weight excluding hydrogens is 304 g/mol. The van der Waals surface area contributed by atoms with Crippen molar-refractivity contribution in [1.82, 2.24) is 9.21 Å². The van der Waals surface area contributed by atoms with Crippen molar-refractivity contribution in [3.8, 4) is 0 Å². The van der Waals surface area contributed by atoms with Crippen LogP contribution < -0.4 is 0 Å². The second-order valence-corrected chi connectivity index (χ2v) is 8.37. The van der Waals surface area contributed by atoms with Crippen molar-refractivity contribution in [2.24, 2.45) is 0 Å². The number of nitrogens with zero attached hydrogens (tertiary/aromatic N) is 2. The number of halogens is 1. The first kappa shape index (κ1) is 16.9. The Morgan fingerprint density at radius 2 is 1.89 bits per heavy atom. The van der Waals surface area contributed by atoms with Crippen LogP contribution in [-0.2, 0) is 15.9 Å². The lowest BCUT2D eigenvalue weighted by atomic mass is 10.4. The largest absolute Gasteiger partial charge is 0.309 e. The number of alkyl halides is 1. The molecule has 1 aromatic rings. The Kier molecular flexibility index (Phi) is 6.26. The van der Waals surface area contributed by atoms with Gasteiger partial charge < -0.3 is 4.90 Å². The van der Waals surface area contributed by atoms with Gasteiger partial charge in [-0.3, -0.25) is 0 Å². The van der Waals surface area contributed by atoms with Gasteiger partial charge >= 0.3 is 0 Å². The van der Waals surface area contributed by atoms with Crippen molar-refractivity contribution < 1.29 is 8.42 Å². The highest BCUT2D eigenvalue weighted by atomic mass is 35.5. The van der Waals surface area contributed by atoms with E-state index < -0.39 is 10.0 Å². The Balaban J connectivity index is 2.81. The molecule has 0 bridgehead atoms. The molecule has 0 N–H and O–H groups in total. The highest BCUT2D eigenvalue weighted by Gasteiger charge is 2.24. The summed E-state index contributed by atoms with van der Waals surface area (Å²) in [6, 6.07) is 1.69. The number of aryl methyl sites for hydroxylation is 1. The van der Waals surface area contributed by atoms with Crippen LogP contribution in [0.1, 0.15) is 16.2 Å². The molecule has 0 atom stereocenters. The smallest absolute Gasteiger partial charge is 0.243 e. The van der Waals surface area contributed by atoms with E-state index >= 15 is 0 Å². The molecule has 1 aromatic heterocycles. The van der Waals surface area contributed by atoms with E-state index in [9.17, 15) is 8.42 Å². The zero-order chi connectivity index (χ0) is 14.6. The number of hydrogen-bond acceptors (Lipinski definition) is 4. The molecule has 19 heavy (non-hydrogen) atoms. The maximum Gasteiger partial charge on any atom is 0.243 e. The van der Waals surface area contributed by atoms with Gasteiger partial charge in [-0.15, -0.1) is 22.9 Å². The molecule has 0 aliphatic rings. The molecule has 1 heterocycles. The quantitative estimate of drug-likeness (QED) is 0.723. The van der Waals surface area contributed by atoms with Gasteiger partial charge in [0.05, 0.1) is 10.8 Å². The Labute approximate surface area is 125 Å². The molecule has 0 unspecified atom stereocenters. The molecule has 110 valence electrons. The number of hydrogen-bond donors (Lipinski definition) is 0. The van der Waals surface area contributed by atoms with Gasteiger partial charge in [-0.2, -0.15) is 0 Å². The van der Waals surface area contributed by atoms with E-state index in [1.807, 2.05) is 25.9 Å². The number of rotatable bonds is 7. The molecule has 0 aromatic carbocycles. The highest BCUT2D eigenvalue weighted by molar-refractivity contribution is 7.89. The Morgan fingerprint density at radius 1 is 1.26 bits per heavy atom. The summed E-state index contributed by atoms with van der Waals surface area (Å²) in [5.41, 5.74) is 0. The van der Waals surface area contributed by atoms with Crippen LogP contribution in [0, 0.1) is 6.92 Å². The molecule has 1 rings (SSSR count). The second kappa shape index (κ2) is 7.04. The predicted molar refractivity (Wildman–Crippen MR) is 81.6 cm³/mol. The van der Waals surface area contributed by atoms with Gasteiger partial charge in [-0.25, -0.2) is 12.7 Å². The maximum atomic E-state index is 12.4. The molecule has 7 heteroatoms. The summed E-state index contributed by atoms with van der Waals surface area (Å²) in [7, 11) is 2.19. The Bertz CT molecular complexity index is 512. The number of sulfonamides is 1. The molecule has 0 saturated heterocycles. The van der Waals surface area contributed by atoms with Crippen LogP contribution in [0.3, 0.4) is 0 Å². The summed E-state index contributed by atoms with van der Waals surface area (Å²) in [6.07, 6.45) is 0.814. The van der Waals surface area contributed by atoms with Crippen LogP contribution in [0.5, 0.6) is 0 Å². The van der Waals surface area contributed by atoms with Gasteiger partial charge in [-0.05, 0) is 40.1 Å². The summed E-state index contributed by atoms with van der Waals surface area (Å²) < 4.78 is 26.3. The molecule has 0 aliphatic heterocycles. The van der Waals surface area contributed by atoms with Crippen molar-refractivity contribution in [3.05, 3.63) is 15.8 Å². The third-order valence-corrected chi connectivity index (χ3v) is 6.43. The van der Waals surface area contributed by atoms with Crippen molar-refractivity contribution in [1.29, 1.82) is 0 Å². The van der Waals surface area contributed by atoms with Gasteiger partial charge in [0.1, 0.15) is 0 Å². The van der Waals surface area contributed by atoms with Crippen LogP contribution in [-0.4, -0.2) is 51.9 Å². The summed E-state index contributed by atoms with van der Waals surface area (Å²) in [5.74, 6) is 0.353. The van der Waals surface area contributed by atoms with E-state index in [1.54, 1.807) is 13.1 Å². The Morgan fingerprint density at radius 3 is 2.37 bits per heavy atom. The van der Waals surface area contributed by atoms with Gasteiger partial charge in [0.2, 0.25) is 10.0 Å². The first-order valence-corrected chi connectivity index (χ1v) is 8.84. The number of thiophene rings is 1. The lowest BCUT2D eigenvalue weighted by Crippen LogP contribution is -2.30. The molecule has 0 saturated carbocycles. The molecule has 0 amide bonds. The second-order valence-electron chi connectivity index (χ2n) is 4.75. The molecule has 0 aliphatic carbocycles. The van der Waals surface area contributed by atoms with Crippen LogP contribution in [0.15, 0.2) is 11.0 Å². The van der Waals surface area contributed by atoms with Gasteiger partial charge in [0, 0.05) is 23.3 Å². The minimum absolute atomic E-state index is 0.353. The highest BCUT2D eigenvalue weighted by Crippen LogP contribution is 2.28. The van der Waals surface area contributed by atoms with Crippen LogP contribution in [0.25, 0.3) is 0 Å². The van der Waals surface area contributed by atoms with Crippen molar-refractivity contribution in [3.63, 3.8) is 0 Å². The van der Waals surface area contributed by atoms with Crippen LogP contribution in [0.2, 0.25) is 0 Å². The van der Waals surface area contributed by atoms with E-state index in [0.717, 1.165) is 22.7 Å². The fourth-order valence-electron chi connectivity index (χ4n) is 1.74. The van der Waals surface area contributed by atoms with E-state index in [-0.39, 0.29) is 0 Å². The summed E-state index contributed by atoms with van der Waals surface area (Å²) in [6.45, 7) is 3.21. The minimum Gasteiger partial charge on any atom is -0.309 e. The Hall–Kier alpha value is -0.140. The van der Waals surface area contributed by atoms with Crippen molar-refractivity contribution >= 4 is 33.0 Å². The van der Waals surface area contributed by atoms with E-state index in [0.29, 0.717) is 17.3 Å². The third-order valence-electron chi connectivity index (χ3n) is 2.82. The zero-order valence-electron chi connectivity index (χ0n) is 11.8. The molecule has 0 fully saturated rings. The van der Waals surface area contributed by atoms with Gasteiger partial charge in [-0.1, -0.05) is 0 Å². The van der Waals surface area contributed by atoms with Crippen molar-refractivity contribution in [2.45, 2.75) is 24.1 Å². The van der Waals surface area contributed by atoms with Gasteiger partial charge in [0.15, 0.2) is 0 Å². The molecular formula is C12H21ClN2O2S2. The summed E-state index contributed by atoms with van der Waals surface area (Å²) in [5, 5.41) is 0. The van der Waals surface area contributed by atoms with E-state index in [2.05, 4.69) is 0 Å². The molecule has 4 nitrogen and oxygen atoms in total.